The third-order valence-corrected chi connectivity index (χ3v) is 3.43. The maximum absolute atomic E-state index is 13.1. The van der Waals surface area contributed by atoms with Crippen molar-refractivity contribution in [2.45, 2.75) is 6.92 Å². The molecule has 0 saturated carbocycles. The monoisotopic (exact) mass is 347 g/mol. The second-order valence-electron chi connectivity index (χ2n) is 5.14. The molecule has 0 aliphatic rings. The van der Waals surface area contributed by atoms with Crippen LogP contribution >= 0.6 is 0 Å². The summed E-state index contributed by atoms with van der Waals surface area (Å²) < 4.78 is 28.4. The van der Waals surface area contributed by atoms with Gasteiger partial charge in [0.1, 0.15) is 17.3 Å². The fourth-order valence-corrected chi connectivity index (χ4v) is 2.18. The van der Waals surface area contributed by atoms with E-state index in [0.29, 0.717) is 11.5 Å². The highest BCUT2D eigenvalue weighted by Crippen LogP contribution is 2.29. The molecule has 1 N–H and O–H groups in total. The highest BCUT2D eigenvalue weighted by molar-refractivity contribution is 5.96. The van der Waals surface area contributed by atoms with Gasteiger partial charge in [-0.15, -0.1) is 0 Å². The molecule has 0 saturated heterocycles. The summed E-state index contributed by atoms with van der Waals surface area (Å²) in [7, 11) is 2.95. The summed E-state index contributed by atoms with van der Waals surface area (Å²) in [6.07, 6.45) is 0. The Labute approximate surface area is 144 Å². The topological polar surface area (TPSA) is 73.9 Å². The zero-order chi connectivity index (χ0) is 18.4. The van der Waals surface area contributed by atoms with Crippen LogP contribution in [0.25, 0.3) is 0 Å². The van der Waals surface area contributed by atoms with Crippen LogP contribution in [0.4, 0.5) is 10.1 Å². The van der Waals surface area contributed by atoms with Crippen LogP contribution in [0.3, 0.4) is 0 Å². The smallest absolute Gasteiger partial charge is 0.338 e. The highest BCUT2D eigenvalue weighted by atomic mass is 19.1. The zero-order valence-electron chi connectivity index (χ0n) is 14.1. The lowest BCUT2D eigenvalue weighted by Gasteiger charge is -2.12. The van der Waals surface area contributed by atoms with Gasteiger partial charge in [-0.2, -0.15) is 0 Å². The first-order valence-corrected chi connectivity index (χ1v) is 7.39. The molecule has 2 aromatic rings. The maximum Gasteiger partial charge on any atom is 0.338 e. The molecule has 0 radical (unpaired) electrons. The van der Waals surface area contributed by atoms with Gasteiger partial charge in [0.15, 0.2) is 6.61 Å². The van der Waals surface area contributed by atoms with Gasteiger partial charge >= 0.3 is 5.97 Å². The minimum absolute atomic E-state index is 0.192. The van der Waals surface area contributed by atoms with Crippen molar-refractivity contribution in [2.75, 3.05) is 26.1 Å². The Morgan fingerprint density at radius 3 is 2.28 bits per heavy atom. The van der Waals surface area contributed by atoms with E-state index in [-0.39, 0.29) is 11.3 Å². The van der Waals surface area contributed by atoms with Crippen molar-refractivity contribution >= 4 is 17.6 Å². The van der Waals surface area contributed by atoms with Crippen molar-refractivity contribution in [1.29, 1.82) is 0 Å². The molecule has 0 unspecified atom stereocenters. The van der Waals surface area contributed by atoms with Crippen LogP contribution in [-0.4, -0.2) is 32.7 Å². The van der Waals surface area contributed by atoms with Gasteiger partial charge in [0, 0.05) is 11.3 Å². The first kappa shape index (κ1) is 18.3. The molecule has 6 nitrogen and oxygen atoms in total. The van der Waals surface area contributed by atoms with Crippen LogP contribution in [0.5, 0.6) is 11.5 Å². The largest absolute Gasteiger partial charge is 0.496 e. The summed E-state index contributed by atoms with van der Waals surface area (Å²) >= 11 is 0. The Morgan fingerprint density at radius 1 is 1.08 bits per heavy atom. The van der Waals surface area contributed by atoms with Crippen LogP contribution in [0.2, 0.25) is 0 Å². The quantitative estimate of drug-likeness (QED) is 0.813. The van der Waals surface area contributed by atoms with E-state index in [1.54, 1.807) is 6.92 Å². The molecular formula is C18H18FNO5. The number of halogens is 1. The van der Waals surface area contributed by atoms with Gasteiger partial charge in [-0.05, 0) is 37.3 Å². The molecule has 0 aliphatic carbocycles. The van der Waals surface area contributed by atoms with Crippen molar-refractivity contribution in [2.24, 2.45) is 0 Å². The predicted octanol–water partition coefficient (Wildman–Crippen LogP) is 2.95. The summed E-state index contributed by atoms with van der Waals surface area (Å²) in [5.74, 6) is -0.823. The molecule has 2 rings (SSSR count). The van der Waals surface area contributed by atoms with E-state index < -0.39 is 24.3 Å². The average molecular weight is 347 g/mol. The standard InChI is InChI=1S/C18H18FNO5/c1-11-15(23-2)7-12(8-16(11)24-3)18(22)25-10-17(21)20-14-6-4-5-13(19)9-14/h4-9H,10H2,1-3H3,(H,20,21). The number of amides is 1. The van der Waals surface area contributed by atoms with Crippen molar-refractivity contribution in [3.05, 3.63) is 53.3 Å². The van der Waals surface area contributed by atoms with E-state index in [0.717, 1.165) is 11.6 Å². The summed E-state index contributed by atoms with van der Waals surface area (Å²) in [6, 6.07) is 8.42. The van der Waals surface area contributed by atoms with Gasteiger partial charge in [-0.3, -0.25) is 4.79 Å². The molecule has 132 valence electrons. The lowest BCUT2D eigenvalue weighted by molar-refractivity contribution is -0.119. The third kappa shape index (κ3) is 4.69. The highest BCUT2D eigenvalue weighted by Gasteiger charge is 2.16. The van der Waals surface area contributed by atoms with Crippen LogP contribution in [-0.2, 0) is 9.53 Å². The third-order valence-electron chi connectivity index (χ3n) is 3.43. The fraction of sp³-hybridized carbons (Fsp3) is 0.222. The van der Waals surface area contributed by atoms with Gasteiger partial charge in [-0.1, -0.05) is 6.07 Å². The van der Waals surface area contributed by atoms with Crippen LogP contribution in [0.1, 0.15) is 15.9 Å². The molecule has 2 aromatic carbocycles. The van der Waals surface area contributed by atoms with Crippen molar-refractivity contribution in [3.8, 4) is 11.5 Å². The van der Waals surface area contributed by atoms with Crippen molar-refractivity contribution < 1.29 is 28.2 Å². The normalized spacial score (nSPS) is 10.1. The fourth-order valence-electron chi connectivity index (χ4n) is 2.18. The first-order valence-electron chi connectivity index (χ1n) is 7.39. The Bertz CT molecular complexity index is 766. The van der Waals surface area contributed by atoms with Gasteiger partial charge < -0.3 is 19.5 Å². The molecule has 0 heterocycles. The number of ether oxygens (including phenoxy) is 3. The number of methoxy groups -OCH3 is 2. The molecule has 1 amide bonds. The Morgan fingerprint density at radius 2 is 1.72 bits per heavy atom. The molecule has 25 heavy (non-hydrogen) atoms. The average Bonchev–Trinajstić information content (AvgIpc) is 2.60. The zero-order valence-corrected chi connectivity index (χ0v) is 14.1. The lowest BCUT2D eigenvalue weighted by atomic mass is 10.1. The number of carbonyl (C=O) groups is 2. The Hall–Kier alpha value is -3.09. The molecule has 0 atom stereocenters. The Balaban J connectivity index is 2.01. The predicted molar refractivity (Wildman–Crippen MR) is 89.6 cm³/mol. The summed E-state index contributed by atoms with van der Waals surface area (Å²) in [5, 5.41) is 2.44. The minimum Gasteiger partial charge on any atom is -0.496 e. The van der Waals surface area contributed by atoms with Crippen LogP contribution < -0.4 is 14.8 Å². The number of esters is 1. The van der Waals surface area contributed by atoms with Gasteiger partial charge in [0.25, 0.3) is 5.91 Å². The Kier molecular flexibility index (Phi) is 5.94. The molecule has 0 bridgehead atoms. The summed E-state index contributed by atoms with van der Waals surface area (Å²) in [4.78, 5) is 23.9. The number of hydrogen-bond acceptors (Lipinski definition) is 5. The lowest BCUT2D eigenvalue weighted by Crippen LogP contribution is -2.21. The second kappa shape index (κ2) is 8.14. The van der Waals surface area contributed by atoms with E-state index in [1.165, 1.54) is 44.6 Å². The summed E-state index contributed by atoms with van der Waals surface area (Å²) in [5.41, 5.74) is 1.21. The first-order chi connectivity index (χ1) is 11.9. The van der Waals surface area contributed by atoms with Crippen molar-refractivity contribution in [3.63, 3.8) is 0 Å². The second-order valence-corrected chi connectivity index (χ2v) is 5.14. The molecule has 0 aromatic heterocycles. The number of rotatable bonds is 6. The van der Waals surface area contributed by atoms with Gasteiger partial charge in [0.05, 0.1) is 19.8 Å². The number of nitrogens with one attached hydrogen (secondary N) is 1. The van der Waals surface area contributed by atoms with E-state index in [2.05, 4.69) is 5.32 Å². The van der Waals surface area contributed by atoms with E-state index in [9.17, 15) is 14.0 Å². The molecular weight excluding hydrogens is 329 g/mol. The maximum atomic E-state index is 13.1. The summed E-state index contributed by atoms with van der Waals surface area (Å²) in [6.45, 7) is 1.28. The molecule has 0 spiro atoms. The van der Waals surface area contributed by atoms with Crippen molar-refractivity contribution in [1.82, 2.24) is 0 Å². The van der Waals surface area contributed by atoms with E-state index in [1.807, 2.05) is 0 Å². The number of hydrogen-bond donors (Lipinski definition) is 1. The van der Waals surface area contributed by atoms with Crippen LogP contribution in [0.15, 0.2) is 36.4 Å². The SMILES string of the molecule is COc1cc(C(=O)OCC(=O)Nc2cccc(F)c2)cc(OC)c1C. The van der Waals surface area contributed by atoms with Gasteiger partial charge in [-0.25, -0.2) is 9.18 Å². The van der Waals surface area contributed by atoms with E-state index in [4.69, 9.17) is 14.2 Å². The minimum atomic E-state index is -0.703. The number of anilines is 1. The number of benzene rings is 2. The van der Waals surface area contributed by atoms with Crippen LogP contribution in [0, 0.1) is 12.7 Å². The molecule has 7 heteroatoms. The van der Waals surface area contributed by atoms with Gasteiger partial charge in [0.2, 0.25) is 0 Å². The number of carbonyl (C=O) groups excluding carboxylic acids is 2. The molecule has 0 aliphatic heterocycles. The molecule has 0 fully saturated rings. The van der Waals surface area contributed by atoms with E-state index >= 15 is 0 Å².